The van der Waals surface area contributed by atoms with Crippen molar-refractivity contribution in [2.24, 2.45) is 0 Å². The van der Waals surface area contributed by atoms with E-state index in [4.69, 9.17) is 4.74 Å². The highest BCUT2D eigenvalue weighted by atomic mass is 32.2. The molecule has 1 aromatic carbocycles. The van der Waals surface area contributed by atoms with E-state index in [0.29, 0.717) is 10.9 Å². The molecular formula is C21H29N3O3S. The molecule has 0 aromatic heterocycles. The number of ether oxygens (including phenoxy) is 1. The number of piperazine rings is 1. The van der Waals surface area contributed by atoms with E-state index < -0.39 is 10.0 Å². The van der Waals surface area contributed by atoms with Gasteiger partial charge in [0.2, 0.25) is 10.0 Å². The van der Waals surface area contributed by atoms with Crippen LogP contribution in [-0.4, -0.2) is 65.0 Å². The van der Waals surface area contributed by atoms with Gasteiger partial charge < -0.3 is 10.1 Å². The van der Waals surface area contributed by atoms with Crippen LogP contribution in [0, 0.1) is 0 Å². The molecule has 1 saturated heterocycles. The summed E-state index contributed by atoms with van der Waals surface area (Å²) in [6.45, 7) is 6.11. The van der Waals surface area contributed by atoms with Crippen molar-refractivity contribution < 1.29 is 13.2 Å². The number of methoxy groups -OCH3 is 1. The Balaban J connectivity index is 0.000000231. The van der Waals surface area contributed by atoms with Gasteiger partial charge in [0.1, 0.15) is 5.75 Å². The highest BCUT2D eigenvalue weighted by molar-refractivity contribution is 7.89. The van der Waals surface area contributed by atoms with E-state index in [1.165, 1.54) is 15.4 Å². The Morgan fingerprint density at radius 3 is 2.36 bits per heavy atom. The van der Waals surface area contributed by atoms with Gasteiger partial charge in [0.15, 0.2) is 0 Å². The van der Waals surface area contributed by atoms with Crippen LogP contribution in [0.5, 0.6) is 5.75 Å². The number of benzene rings is 2. The molecule has 1 aliphatic heterocycles. The molecule has 2 aliphatic carbocycles. The van der Waals surface area contributed by atoms with E-state index in [2.05, 4.69) is 29.3 Å². The van der Waals surface area contributed by atoms with Gasteiger partial charge in [-0.15, -0.1) is 0 Å². The number of nitrogens with zero attached hydrogens (tertiary/aromatic N) is 2. The molecule has 0 bridgehead atoms. The molecule has 1 unspecified atom stereocenters. The summed E-state index contributed by atoms with van der Waals surface area (Å²) >= 11 is 0. The number of hydrogen-bond acceptors (Lipinski definition) is 5. The first-order valence-corrected chi connectivity index (χ1v) is 11.0. The van der Waals surface area contributed by atoms with E-state index >= 15 is 0 Å². The molecule has 28 heavy (non-hydrogen) atoms. The molecule has 3 aliphatic rings. The zero-order valence-corrected chi connectivity index (χ0v) is 17.8. The molecule has 1 atom stereocenters. The first-order chi connectivity index (χ1) is 13.4. The summed E-state index contributed by atoms with van der Waals surface area (Å²) < 4.78 is 30.3. The average Bonchev–Trinajstić information content (AvgIpc) is 3.38. The maximum atomic E-state index is 12.0. The van der Waals surface area contributed by atoms with Crippen molar-refractivity contribution in [2.45, 2.75) is 17.9 Å². The maximum Gasteiger partial charge on any atom is 0.242 e. The molecule has 0 amide bonds. The van der Waals surface area contributed by atoms with Crippen molar-refractivity contribution in [3.8, 4) is 16.9 Å². The molecule has 152 valence electrons. The van der Waals surface area contributed by atoms with Crippen molar-refractivity contribution in [3.05, 3.63) is 48.0 Å². The molecule has 6 nitrogen and oxygen atoms in total. The second kappa shape index (κ2) is 8.61. The molecule has 7 heteroatoms. The Labute approximate surface area is 168 Å². The monoisotopic (exact) mass is 403 g/mol. The summed E-state index contributed by atoms with van der Waals surface area (Å²) in [5.41, 5.74) is 3.78. The lowest BCUT2D eigenvalue weighted by Gasteiger charge is -2.35. The second-order valence-electron chi connectivity index (χ2n) is 7.12. The SMILES string of the molecule is CCN1CCNCC1c1ccc(S(=O)(=O)N(C)C)cc1.COc1ccc2cc1-2. The molecule has 0 spiro atoms. The molecule has 1 heterocycles. The number of likely N-dealkylation sites (N-methyl/N-ethyl adjacent to an activating group) is 1. The normalized spacial score (nSPS) is 18.4. The van der Waals surface area contributed by atoms with Gasteiger partial charge in [-0.05, 0) is 41.9 Å². The van der Waals surface area contributed by atoms with E-state index in [1.54, 1.807) is 33.3 Å². The van der Waals surface area contributed by atoms with Gasteiger partial charge in [-0.1, -0.05) is 25.1 Å². The minimum Gasteiger partial charge on any atom is -0.496 e. The van der Waals surface area contributed by atoms with Gasteiger partial charge >= 0.3 is 0 Å². The Morgan fingerprint density at radius 2 is 1.89 bits per heavy atom. The molecule has 1 N–H and O–H groups in total. The Hall–Kier alpha value is -1.93. The van der Waals surface area contributed by atoms with E-state index in [1.807, 2.05) is 18.2 Å². The van der Waals surface area contributed by atoms with E-state index in [0.717, 1.165) is 37.5 Å². The lowest BCUT2D eigenvalue weighted by atomic mass is 10.0. The van der Waals surface area contributed by atoms with Gasteiger partial charge in [0, 0.05) is 45.3 Å². The second-order valence-corrected chi connectivity index (χ2v) is 9.27. The minimum atomic E-state index is -3.34. The highest BCUT2D eigenvalue weighted by Crippen LogP contribution is 2.43. The van der Waals surface area contributed by atoms with Crippen LogP contribution >= 0.6 is 0 Å². The van der Waals surface area contributed by atoms with Gasteiger partial charge in [-0.2, -0.15) is 0 Å². The van der Waals surface area contributed by atoms with Crippen LogP contribution in [0.4, 0.5) is 0 Å². The van der Waals surface area contributed by atoms with Crippen molar-refractivity contribution >= 4 is 10.0 Å². The van der Waals surface area contributed by atoms with Crippen LogP contribution < -0.4 is 10.1 Å². The van der Waals surface area contributed by atoms with Crippen LogP contribution in [0.3, 0.4) is 0 Å². The van der Waals surface area contributed by atoms with Gasteiger partial charge in [-0.25, -0.2) is 12.7 Å². The minimum absolute atomic E-state index is 0.324. The zero-order chi connectivity index (χ0) is 20.3. The smallest absolute Gasteiger partial charge is 0.242 e. The zero-order valence-electron chi connectivity index (χ0n) is 17.0. The largest absolute Gasteiger partial charge is 0.496 e. The topological polar surface area (TPSA) is 61.9 Å². The quantitative estimate of drug-likeness (QED) is 0.710. The number of rotatable bonds is 5. The van der Waals surface area contributed by atoms with Crippen molar-refractivity contribution in [3.63, 3.8) is 0 Å². The standard InChI is InChI=1S/C14H23N3O2S.C7H6O/c1-4-17-10-9-15-11-14(17)12-5-7-13(8-6-12)20(18,19)16(2)3;1-8-7-3-2-5-4-6(5)7/h5-8,14-15H,4,9-11H2,1-3H3;2-4H,1H3. The first-order valence-electron chi connectivity index (χ1n) is 9.54. The van der Waals surface area contributed by atoms with Crippen LogP contribution in [0.1, 0.15) is 18.5 Å². The molecule has 0 saturated carbocycles. The molecular weight excluding hydrogens is 374 g/mol. The third-order valence-electron chi connectivity index (χ3n) is 5.23. The van der Waals surface area contributed by atoms with Crippen LogP contribution in [-0.2, 0) is 10.0 Å². The summed E-state index contributed by atoms with van der Waals surface area (Å²) in [5, 5.41) is 3.39. The molecule has 4 rings (SSSR count). The van der Waals surface area contributed by atoms with Crippen molar-refractivity contribution in [1.82, 2.24) is 14.5 Å². The third-order valence-corrected chi connectivity index (χ3v) is 7.06. The van der Waals surface area contributed by atoms with Crippen LogP contribution in [0.25, 0.3) is 11.1 Å². The summed E-state index contributed by atoms with van der Waals surface area (Å²) in [7, 11) is 1.45. The number of fused-ring (bicyclic) bond motifs is 1. The predicted molar refractivity (Wildman–Crippen MR) is 112 cm³/mol. The molecule has 0 radical (unpaired) electrons. The predicted octanol–water partition coefficient (Wildman–Crippen LogP) is 2.58. The first kappa shape index (κ1) is 20.8. The Kier molecular flexibility index (Phi) is 6.40. The number of hydrogen-bond donors (Lipinski definition) is 1. The summed E-state index contributed by atoms with van der Waals surface area (Å²) in [4.78, 5) is 2.75. The Bertz CT molecular complexity index is 911. The van der Waals surface area contributed by atoms with Crippen molar-refractivity contribution in [1.29, 1.82) is 0 Å². The number of nitrogens with one attached hydrogen (secondary N) is 1. The fourth-order valence-corrected chi connectivity index (χ4v) is 4.33. The maximum absolute atomic E-state index is 12.0. The number of sulfonamides is 1. The fraction of sp³-hybridized carbons (Fsp3) is 0.429. The summed E-state index contributed by atoms with van der Waals surface area (Å²) in [6.07, 6.45) is 0. The average molecular weight is 404 g/mol. The summed E-state index contributed by atoms with van der Waals surface area (Å²) in [6, 6.07) is 13.7. The van der Waals surface area contributed by atoms with Gasteiger partial charge in [0.05, 0.1) is 12.0 Å². The van der Waals surface area contributed by atoms with Gasteiger partial charge in [-0.3, -0.25) is 4.90 Å². The van der Waals surface area contributed by atoms with E-state index in [-0.39, 0.29) is 0 Å². The molecule has 1 fully saturated rings. The van der Waals surface area contributed by atoms with Gasteiger partial charge in [0.25, 0.3) is 0 Å². The lowest BCUT2D eigenvalue weighted by Crippen LogP contribution is -2.45. The van der Waals surface area contributed by atoms with E-state index in [9.17, 15) is 8.42 Å². The fourth-order valence-electron chi connectivity index (χ4n) is 3.43. The van der Waals surface area contributed by atoms with Crippen LogP contribution in [0.15, 0.2) is 47.4 Å². The highest BCUT2D eigenvalue weighted by Gasteiger charge is 2.23. The third kappa shape index (κ3) is 4.38. The van der Waals surface area contributed by atoms with Crippen molar-refractivity contribution in [2.75, 3.05) is 47.4 Å². The van der Waals surface area contributed by atoms with Crippen LogP contribution in [0.2, 0.25) is 0 Å². The Morgan fingerprint density at radius 1 is 1.18 bits per heavy atom. The molecule has 1 aromatic rings. The summed E-state index contributed by atoms with van der Waals surface area (Å²) in [5.74, 6) is 1.01. The lowest BCUT2D eigenvalue weighted by molar-refractivity contribution is 0.171.